The number of aromatic amines is 1. The second-order valence-corrected chi connectivity index (χ2v) is 9.11. The van der Waals surface area contributed by atoms with Crippen molar-refractivity contribution in [3.63, 3.8) is 0 Å². The zero-order chi connectivity index (χ0) is 18.4. The molecule has 1 amide bonds. The number of benzene rings is 1. The lowest BCUT2D eigenvalue weighted by molar-refractivity contribution is -0.132. The molecule has 4 aromatic rings. The topological polar surface area (TPSA) is 74.8 Å². The number of nitrogens with one attached hydrogen (secondary N) is 1. The third-order valence-electron chi connectivity index (χ3n) is 4.65. The number of hydrogen-bond acceptors (Lipinski definition) is 6. The SMILES string of the molecule is O=C(Cc1nccs1)N1CCc2[nH]cnc2[C@H]1c1nc2cccc(Br)c2s1. The first-order valence-corrected chi connectivity index (χ1v) is 10.9. The van der Waals surface area contributed by atoms with Crippen LogP contribution in [0.2, 0.25) is 0 Å². The zero-order valence-electron chi connectivity index (χ0n) is 14.1. The van der Waals surface area contributed by atoms with Crippen molar-refractivity contribution in [1.82, 2.24) is 24.8 Å². The van der Waals surface area contributed by atoms with Gasteiger partial charge < -0.3 is 9.88 Å². The van der Waals surface area contributed by atoms with Crippen molar-refractivity contribution in [2.75, 3.05) is 6.54 Å². The molecule has 0 unspecified atom stereocenters. The van der Waals surface area contributed by atoms with E-state index < -0.39 is 0 Å². The summed E-state index contributed by atoms with van der Waals surface area (Å²) < 4.78 is 2.10. The fourth-order valence-corrected chi connectivity index (χ4v) is 5.71. The number of carbonyl (C=O) groups is 1. The number of amides is 1. The minimum absolute atomic E-state index is 0.0573. The Kier molecular flexibility index (Phi) is 4.30. The Morgan fingerprint density at radius 3 is 3.11 bits per heavy atom. The van der Waals surface area contributed by atoms with Crippen molar-refractivity contribution in [2.45, 2.75) is 18.9 Å². The average molecular weight is 460 g/mol. The smallest absolute Gasteiger partial charge is 0.230 e. The van der Waals surface area contributed by atoms with Gasteiger partial charge in [0.05, 0.1) is 28.7 Å². The molecule has 1 aromatic carbocycles. The van der Waals surface area contributed by atoms with Crippen LogP contribution in [0.5, 0.6) is 0 Å². The van der Waals surface area contributed by atoms with Gasteiger partial charge >= 0.3 is 0 Å². The van der Waals surface area contributed by atoms with E-state index in [0.29, 0.717) is 13.0 Å². The van der Waals surface area contributed by atoms with Gasteiger partial charge in [-0.15, -0.1) is 22.7 Å². The van der Waals surface area contributed by atoms with Gasteiger partial charge in [0, 0.05) is 34.7 Å². The van der Waals surface area contributed by atoms with Crippen molar-refractivity contribution in [3.8, 4) is 0 Å². The summed E-state index contributed by atoms with van der Waals surface area (Å²) >= 11 is 6.72. The van der Waals surface area contributed by atoms with Crippen LogP contribution in [0.25, 0.3) is 10.2 Å². The number of rotatable bonds is 3. The average Bonchev–Trinajstić information content (AvgIpc) is 3.41. The summed E-state index contributed by atoms with van der Waals surface area (Å²) in [7, 11) is 0. The Labute approximate surface area is 171 Å². The van der Waals surface area contributed by atoms with E-state index in [-0.39, 0.29) is 11.9 Å². The Hall–Kier alpha value is -2.10. The summed E-state index contributed by atoms with van der Waals surface area (Å²) in [6.45, 7) is 0.640. The van der Waals surface area contributed by atoms with Crippen LogP contribution in [0.4, 0.5) is 0 Å². The highest BCUT2D eigenvalue weighted by atomic mass is 79.9. The molecule has 1 aliphatic heterocycles. The highest BCUT2D eigenvalue weighted by Crippen LogP contribution is 2.39. The summed E-state index contributed by atoms with van der Waals surface area (Å²) in [5, 5.41) is 3.61. The van der Waals surface area contributed by atoms with Gasteiger partial charge in [-0.2, -0.15) is 0 Å². The van der Waals surface area contributed by atoms with Gasteiger partial charge in [0.25, 0.3) is 0 Å². The molecule has 0 saturated heterocycles. The van der Waals surface area contributed by atoms with Crippen LogP contribution in [0.15, 0.2) is 40.6 Å². The monoisotopic (exact) mass is 459 g/mol. The van der Waals surface area contributed by atoms with Gasteiger partial charge in [0.15, 0.2) is 0 Å². The largest absolute Gasteiger partial charge is 0.348 e. The molecule has 5 rings (SSSR count). The van der Waals surface area contributed by atoms with E-state index in [1.165, 1.54) is 11.3 Å². The summed E-state index contributed by atoms with van der Waals surface area (Å²) in [4.78, 5) is 31.8. The molecule has 0 aliphatic carbocycles. The van der Waals surface area contributed by atoms with Crippen LogP contribution in [0.1, 0.15) is 27.4 Å². The van der Waals surface area contributed by atoms with Gasteiger partial charge in [-0.3, -0.25) is 4.79 Å². The van der Waals surface area contributed by atoms with E-state index in [2.05, 4.69) is 30.9 Å². The summed E-state index contributed by atoms with van der Waals surface area (Å²) in [6, 6.07) is 5.71. The fourth-order valence-electron chi connectivity index (χ4n) is 3.42. The number of nitrogens with zero attached hydrogens (tertiary/aromatic N) is 4. The minimum atomic E-state index is -0.267. The van der Waals surface area contributed by atoms with Gasteiger partial charge in [-0.25, -0.2) is 15.0 Å². The normalized spacial score (nSPS) is 16.6. The van der Waals surface area contributed by atoms with Crippen LogP contribution in [-0.2, 0) is 17.6 Å². The predicted octanol–water partition coefficient (Wildman–Crippen LogP) is 3.96. The van der Waals surface area contributed by atoms with Crippen molar-refractivity contribution in [1.29, 1.82) is 0 Å². The molecule has 0 radical (unpaired) electrons. The third-order valence-corrected chi connectivity index (χ3v) is 7.51. The first-order chi connectivity index (χ1) is 13.2. The number of aromatic nitrogens is 4. The van der Waals surface area contributed by atoms with Gasteiger partial charge in [-0.1, -0.05) is 6.07 Å². The molecule has 27 heavy (non-hydrogen) atoms. The highest BCUT2D eigenvalue weighted by Gasteiger charge is 2.36. The van der Waals surface area contributed by atoms with E-state index >= 15 is 0 Å². The molecule has 0 fully saturated rings. The maximum absolute atomic E-state index is 13.1. The van der Waals surface area contributed by atoms with Crippen molar-refractivity contribution in [3.05, 3.63) is 62.0 Å². The summed E-state index contributed by atoms with van der Waals surface area (Å²) in [6.07, 6.45) is 4.51. The Balaban J connectivity index is 1.58. The number of thiazole rings is 2. The molecular formula is C18H14BrN5OS2. The van der Waals surface area contributed by atoms with Crippen molar-refractivity contribution in [2.24, 2.45) is 0 Å². The molecule has 0 saturated carbocycles. The van der Waals surface area contributed by atoms with Crippen LogP contribution in [0, 0.1) is 0 Å². The number of fused-ring (bicyclic) bond motifs is 2. The maximum Gasteiger partial charge on any atom is 0.230 e. The first kappa shape index (κ1) is 17.0. The molecule has 136 valence electrons. The summed E-state index contributed by atoms with van der Waals surface area (Å²) in [5.74, 6) is 0.0573. The fraction of sp³-hybridized carbons (Fsp3) is 0.222. The molecule has 0 spiro atoms. The number of hydrogen-bond donors (Lipinski definition) is 1. The number of imidazole rings is 1. The lowest BCUT2D eigenvalue weighted by Gasteiger charge is -2.33. The Bertz CT molecular complexity index is 1120. The lowest BCUT2D eigenvalue weighted by atomic mass is 10.0. The third kappa shape index (κ3) is 2.99. The Morgan fingerprint density at radius 1 is 1.37 bits per heavy atom. The summed E-state index contributed by atoms with van der Waals surface area (Å²) in [5.41, 5.74) is 2.90. The number of halogens is 1. The van der Waals surface area contributed by atoms with E-state index in [9.17, 15) is 4.79 Å². The van der Waals surface area contributed by atoms with Crippen molar-refractivity contribution < 1.29 is 4.79 Å². The molecular weight excluding hydrogens is 446 g/mol. The van der Waals surface area contributed by atoms with Gasteiger partial charge in [-0.05, 0) is 28.1 Å². The zero-order valence-corrected chi connectivity index (χ0v) is 17.3. The van der Waals surface area contributed by atoms with Crippen molar-refractivity contribution >= 4 is 54.7 Å². The van der Waals surface area contributed by atoms with E-state index in [0.717, 1.165) is 42.5 Å². The second-order valence-electron chi connectivity index (χ2n) is 6.25. The standard InChI is InChI=1S/C18H14BrN5OS2/c19-10-2-1-3-12-17(10)27-18(23-12)16-15-11(21-9-22-15)4-6-24(16)14(25)8-13-20-5-7-26-13/h1-3,5,7,9,16H,4,6,8H2,(H,21,22)/t16-/m0/s1. The van der Waals surface area contributed by atoms with Crippen LogP contribution in [0.3, 0.4) is 0 Å². The molecule has 1 aliphatic rings. The first-order valence-electron chi connectivity index (χ1n) is 8.45. The van der Waals surface area contributed by atoms with E-state index in [4.69, 9.17) is 4.98 Å². The second kappa shape index (κ2) is 6.81. The quantitative estimate of drug-likeness (QED) is 0.503. The van der Waals surface area contributed by atoms with Gasteiger partial charge in [0.2, 0.25) is 5.91 Å². The highest BCUT2D eigenvalue weighted by molar-refractivity contribution is 9.10. The van der Waals surface area contributed by atoms with E-state index in [1.54, 1.807) is 23.9 Å². The van der Waals surface area contributed by atoms with Crippen LogP contribution in [-0.4, -0.2) is 37.3 Å². The lowest BCUT2D eigenvalue weighted by Crippen LogP contribution is -2.41. The van der Waals surface area contributed by atoms with Crippen LogP contribution >= 0.6 is 38.6 Å². The number of H-pyrrole nitrogens is 1. The van der Waals surface area contributed by atoms with E-state index in [1.807, 2.05) is 28.5 Å². The van der Waals surface area contributed by atoms with Crippen LogP contribution < -0.4 is 0 Å². The molecule has 3 aromatic heterocycles. The molecule has 9 heteroatoms. The molecule has 1 N–H and O–H groups in total. The Morgan fingerprint density at radius 2 is 2.30 bits per heavy atom. The molecule has 0 bridgehead atoms. The number of carbonyl (C=O) groups excluding carboxylic acids is 1. The molecule has 4 heterocycles. The molecule has 6 nitrogen and oxygen atoms in total. The predicted molar refractivity (Wildman–Crippen MR) is 109 cm³/mol. The molecule has 1 atom stereocenters. The minimum Gasteiger partial charge on any atom is -0.348 e. The van der Waals surface area contributed by atoms with Gasteiger partial charge in [0.1, 0.15) is 16.1 Å². The maximum atomic E-state index is 13.1.